The summed E-state index contributed by atoms with van der Waals surface area (Å²) < 4.78 is 0. The highest BCUT2D eigenvalue weighted by atomic mass is 32.1. The first-order valence-electron chi connectivity index (χ1n) is 10.4. The van der Waals surface area contributed by atoms with Crippen LogP contribution in [0, 0.1) is 0 Å². The largest absolute Gasteiger partial charge is 0.480 e. The van der Waals surface area contributed by atoms with E-state index in [9.17, 15) is 29.1 Å². The molecule has 2 rings (SSSR count). The number of hydrogen-bond acceptors (Lipinski definition) is 8. The van der Waals surface area contributed by atoms with Crippen LogP contribution >= 0.6 is 12.6 Å². The number of rotatable bonds is 12. The zero-order chi connectivity index (χ0) is 24.5. The van der Waals surface area contributed by atoms with E-state index in [1.165, 1.54) is 17.4 Å². The Hall–Kier alpha value is -3.13. The van der Waals surface area contributed by atoms with Crippen molar-refractivity contribution >= 4 is 42.2 Å². The van der Waals surface area contributed by atoms with Crippen molar-refractivity contribution in [2.75, 3.05) is 12.3 Å². The Kier molecular flexibility index (Phi) is 9.66. The fourth-order valence-electron chi connectivity index (χ4n) is 3.50. The number of likely N-dealkylation sites (tertiary alicyclic amines) is 1. The lowest BCUT2D eigenvalue weighted by molar-refractivity contribution is -0.149. The van der Waals surface area contributed by atoms with Crippen molar-refractivity contribution < 1.29 is 29.1 Å². The van der Waals surface area contributed by atoms with Gasteiger partial charge in [-0.1, -0.05) is 0 Å². The van der Waals surface area contributed by atoms with Gasteiger partial charge in [0.25, 0.3) is 0 Å². The Morgan fingerprint density at radius 2 is 1.94 bits per heavy atom. The first-order chi connectivity index (χ1) is 15.6. The Morgan fingerprint density at radius 1 is 1.24 bits per heavy atom. The Morgan fingerprint density at radius 3 is 2.52 bits per heavy atom. The molecule has 1 aliphatic heterocycles. The second kappa shape index (κ2) is 12.2. The highest BCUT2D eigenvalue weighted by molar-refractivity contribution is 7.80. The van der Waals surface area contributed by atoms with Crippen molar-refractivity contribution in [3.8, 4) is 0 Å². The number of thiol groups is 1. The molecule has 4 atom stereocenters. The highest BCUT2D eigenvalue weighted by Crippen LogP contribution is 2.19. The van der Waals surface area contributed by atoms with Gasteiger partial charge in [-0.15, -0.1) is 0 Å². The van der Waals surface area contributed by atoms with E-state index in [0.717, 1.165) is 0 Å². The van der Waals surface area contributed by atoms with E-state index in [2.05, 4.69) is 33.2 Å². The molecule has 182 valence electrons. The average molecular weight is 484 g/mol. The quantitative estimate of drug-likeness (QED) is 0.158. The Bertz CT molecular complexity index is 865. The molecule has 1 saturated heterocycles. The smallest absolute Gasteiger partial charge is 0.326 e. The third-order valence-corrected chi connectivity index (χ3v) is 5.63. The van der Waals surface area contributed by atoms with Gasteiger partial charge in [0, 0.05) is 37.0 Å². The van der Waals surface area contributed by atoms with Gasteiger partial charge in [-0.25, -0.2) is 9.78 Å². The lowest BCUT2D eigenvalue weighted by Gasteiger charge is -2.28. The molecule has 1 fully saturated rings. The molecule has 4 amide bonds. The minimum atomic E-state index is -1.19. The van der Waals surface area contributed by atoms with Gasteiger partial charge < -0.3 is 37.1 Å². The molecule has 0 spiro atoms. The zero-order valence-electron chi connectivity index (χ0n) is 17.9. The predicted molar refractivity (Wildman–Crippen MR) is 119 cm³/mol. The number of hydrogen-bond donors (Lipinski definition) is 7. The highest BCUT2D eigenvalue weighted by Gasteiger charge is 2.38. The number of nitrogens with two attached hydrogens (primary N) is 2. The molecule has 4 unspecified atom stereocenters. The van der Waals surface area contributed by atoms with Gasteiger partial charge in [-0.05, 0) is 19.3 Å². The fraction of sp³-hybridized carbons (Fsp3) is 0.579. The van der Waals surface area contributed by atoms with Crippen molar-refractivity contribution in [2.45, 2.75) is 56.3 Å². The van der Waals surface area contributed by atoms with Crippen molar-refractivity contribution in [1.82, 2.24) is 25.5 Å². The SMILES string of the molecule is NC(=O)CCC(NC(=O)C(CS)NC(=O)C(N)Cc1cnc[nH]1)C(=O)N1CCCC1C(=O)O. The standard InChI is InChI=1S/C19H29N7O6S/c20-11(6-10-7-22-9-23-10)16(28)25-13(8-33)17(29)24-12(3-4-15(21)27)18(30)26-5-1-2-14(26)19(31)32/h7,9,11-14,33H,1-6,8,20H2,(H2,21,27)(H,22,23)(H,24,29)(H,25,28)(H,31,32). The lowest BCUT2D eigenvalue weighted by atomic mass is 10.1. The van der Waals surface area contributed by atoms with Crippen LogP contribution in [0.4, 0.5) is 0 Å². The van der Waals surface area contributed by atoms with Crippen LogP contribution in [0.2, 0.25) is 0 Å². The number of nitrogens with one attached hydrogen (secondary N) is 3. The van der Waals surface area contributed by atoms with Crippen LogP contribution in [0.3, 0.4) is 0 Å². The number of imidazole rings is 1. The third-order valence-electron chi connectivity index (χ3n) is 5.26. The molecular weight excluding hydrogens is 454 g/mol. The van der Waals surface area contributed by atoms with Gasteiger partial charge in [-0.3, -0.25) is 19.2 Å². The van der Waals surface area contributed by atoms with Gasteiger partial charge in [0.2, 0.25) is 23.6 Å². The summed E-state index contributed by atoms with van der Waals surface area (Å²) in [6.07, 6.45) is 3.61. The number of primary amides is 1. The number of amides is 4. The third kappa shape index (κ3) is 7.46. The van der Waals surface area contributed by atoms with Gasteiger partial charge >= 0.3 is 5.97 Å². The number of carboxylic acids is 1. The number of aliphatic carboxylic acids is 1. The van der Waals surface area contributed by atoms with Gasteiger partial charge in [0.15, 0.2) is 0 Å². The van der Waals surface area contributed by atoms with Crippen molar-refractivity contribution in [3.63, 3.8) is 0 Å². The van der Waals surface area contributed by atoms with E-state index in [1.807, 2.05) is 0 Å². The maximum atomic E-state index is 13.0. The average Bonchev–Trinajstić information content (AvgIpc) is 3.45. The van der Waals surface area contributed by atoms with Crippen molar-refractivity contribution in [2.24, 2.45) is 11.5 Å². The van der Waals surface area contributed by atoms with Crippen LogP contribution in [0.25, 0.3) is 0 Å². The molecule has 0 bridgehead atoms. The van der Waals surface area contributed by atoms with Gasteiger partial charge in [0.1, 0.15) is 18.1 Å². The van der Waals surface area contributed by atoms with Crippen LogP contribution in [0.15, 0.2) is 12.5 Å². The number of carboxylic acid groups (broad SMARTS) is 1. The molecule has 1 aromatic heterocycles. The minimum absolute atomic E-state index is 0.0907. The van der Waals surface area contributed by atoms with E-state index < -0.39 is 53.8 Å². The van der Waals surface area contributed by atoms with Crippen LogP contribution in [0.1, 0.15) is 31.4 Å². The molecule has 0 saturated carbocycles. The van der Waals surface area contributed by atoms with Crippen LogP contribution in [0.5, 0.6) is 0 Å². The molecule has 8 N–H and O–H groups in total. The molecule has 13 nitrogen and oxygen atoms in total. The minimum Gasteiger partial charge on any atom is -0.480 e. The van der Waals surface area contributed by atoms with E-state index in [-0.39, 0.29) is 31.6 Å². The normalized spacial score (nSPS) is 18.2. The molecule has 33 heavy (non-hydrogen) atoms. The molecule has 0 radical (unpaired) electrons. The van der Waals surface area contributed by atoms with E-state index in [0.29, 0.717) is 18.5 Å². The molecular formula is C19H29N7O6S. The summed E-state index contributed by atoms with van der Waals surface area (Å²) in [6.45, 7) is 0.216. The second-order valence-corrected chi connectivity index (χ2v) is 8.09. The molecule has 1 aliphatic rings. The maximum Gasteiger partial charge on any atom is 0.326 e. The summed E-state index contributed by atoms with van der Waals surface area (Å²) in [7, 11) is 0. The van der Waals surface area contributed by atoms with Crippen molar-refractivity contribution in [3.05, 3.63) is 18.2 Å². The van der Waals surface area contributed by atoms with Gasteiger partial charge in [-0.2, -0.15) is 12.6 Å². The van der Waals surface area contributed by atoms with Crippen molar-refractivity contribution in [1.29, 1.82) is 0 Å². The first kappa shape index (κ1) is 26.1. The number of nitrogens with zero attached hydrogens (tertiary/aromatic N) is 2. The Labute approximate surface area is 195 Å². The molecule has 0 aromatic carbocycles. The molecule has 0 aliphatic carbocycles. The molecule has 14 heteroatoms. The summed E-state index contributed by atoms with van der Waals surface area (Å²) in [5.41, 5.74) is 11.7. The summed E-state index contributed by atoms with van der Waals surface area (Å²) in [5.74, 6) is -3.87. The predicted octanol–water partition coefficient (Wildman–Crippen LogP) is -2.48. The topological polar surface area (TPSA) is 214 Å². The van der Waals surface area contributed by atoms with E-state index in [1.54, 1.807) is 0 Å². The Balaban J connectivity index is 2.05. The van der Waals surface area contributed by atoms with Crippen LogP contribution < -0.4 is 22.1 Å². The number of aromatic amines is 1. The van der Waals surface area contributed by atoms with Crippen LogP contribution in [-0.2, 0) is 30.4 Å². The summed E-state index contributed by atoms with van der Waals surface area (Å²) in [6, 6.07) is -4.28. The van der Waals surface area contributed by atoms with Gasteiger partial charge in [0.05, 0.1) is 12.4 Å². The monoisotopic (exact) mass is 483 g/mol. The number of aromatic nitrogens is 2. The van der Waals surface area contributed by atoms with Crippen LogP contribution in [-0.4, -0.2) is 86.0 Å². The maximum absolute atomic E-state index is 13.0. The molecule has 2 heterocycles. The van der Waals surface area contributed by atoms with E-state index >= 15 is 0 Å². The summed E-state index contributed by atoms with van der Waals surface area (Å²) in [4.78, 5) is 68.7. The second-order valence-electron chi connectivity index (χ2n) is 7.73. The summed E-state index contributed by atoms with van der Waals surface area (Å²) >= 11 is 4.09. The zero-order valence-corrected chi connectivity index (χ0v) is 18.8. The van der Waals surface area contributed by atoms with E-state index in [4.69, 9.17) is 11.5 Å². The number of carbonyl (C=O) groups excluding carboxylic acids is 4. The number of carbonyl (C=O) groups is 5. The number of H-pyrrole nitrogens is 1. The fourth-order valence-corrected chi connectivity index (χ4v) is 3.76. The first-order valence-corrected chi connectivity index (χ1v) is 11.0. The lowest BCUT2D eigenvalue weighted by Crippen LogP contribution is -2.58. The molecule has 1 aromatic rings. The summed E-state index contributed by atoms with van der Waals surface area (Å²) in [5, 5.41) is 14.3.